The fourth-order valence-corrected chi connectivity index (χ4v) is 2.14. The second-order valence-corrected chi connectivity index (χ2v) is 4.15. The summed E-state index contributed by atoms with van der Waals surface area (Å²) in [7, 11) is 0. The van der Waals surface area contributed by atoms with Crippen LogP contribution in [-0.2, 0) is 0 Å². The van der Waals surface area contributed by atoms with Gasteiger partial charge in [0.1, 0.15) is 0 Å². The van der Waals surface area contributed by atoms with E-state index >= 15 is 0 Å². The van der Waals surface area contributed by atoms with Gasteiger partial charge >= 0.3 is 0 Å². The van der Waals surface area contributed by atoms with Gasteiger partial charge in [-0.15, -0.1) is 6.58 Å². The monoisotopic (exact) mass is 196 g/mol. The van der Waals surface area contributed by atoms with Crippen LogP contribution in [0.4, 0.5) is 0 Å². The van der Waals surface area contributed by atoms with Gasteiger partial charge in [0.05, 0.1) is 0 Å². The molecular formula is C12H24N2. The third kappa shape index (κ3) is 3.10. The van der Waals surface area contributed by atoms with E-state index in [-0.39, 0.29) is 0 Å². The van der Waals surface area contributed by atoms with Crippen LogP contribution < -0.4 is 5.32 Å². The molecule has 0 radical (unpaired) electrons. The van der Waals surface area contributed by atoms with Gasteiger partial charge in [-0.3, -0.25) is 4.90 Å². The fourth-order valence-electron chi connectivity index (χ4n) is 2.14. The van der Waals surface area contributed by atoms with Crippen LogP contribution in [-0.4, -0.2) is 36.6 Å². The van der Waals surface area contributed by atoms with E-state index in [4.69, 9.17) is 0 Å². The molecule has 1 fully saturated rings. The van der Waals surface area contributed by atoms with Crippen molar-refractivity contribution in [1.82, 2.24) is 10.2 Å². The summed E-state index contributed by atoms with van der Waals surface area (Å²) in [5, 5.41) is 3.61. The molecule has 0 aromatic heterocycles. The van der Waals surface area contributed by atoms with Gasteiger partial charge < -0.3 is 5.32 Å². The Morgan fingerprint density at radius 3 is 2.79 bits per heavy atom. The summed E-state index contributed by atoms with van der Waals surface area (Å²) in [5.41, 5.74) is 0. The van der Waals surface area contributed by atoms with Crippen molar-refractivity contribution in [3.63, 3.8) is 0 Å². The average Bonchev–Trinajstić information content (AvgIpc) is 2.25. The maximum Gasteiger partial charge on any atom is 0.0218 e. The molecule has 14 heavy (non-hydrogen) atoms. The predicted molar refractivity (Wildman–Crippen MR) is 62.5 cm³/mol. The summed E-state index contributed by atoms with van der Waals surface area (Å²) in [6.45, 7) is 11.9. The molecule has 0 aromatic carbocycles. The van der Waals surface area contributed by atoms with Gasteiger partial charge in [-0.05, 0) is 19.3 Å². The Labute approximate surface area is 88.4 Å². The van der Waals surface area contributed by atoms with Gasteiger partial charge in [0.25, 0.3) is 0 Å². The first-order valence-electron chi connectivity index (χ1n) is 5.90. The summed E-state index contributed by atoms with van der Waals surface area (Å²) in [6.07, 6.45) is 5.63. The van der Waals surface area contributed by atoms with Crippen molar-refractivity contribution in [3.05, 3.63) is 12.7 Å². The summed E-state index contributed by atoms with van der Waals surface area (Å²) in [5.74, 6) is 0. The SMILES string of the molecule is C=CCCN1CC(CC)NCC1CC. The number of hydrogen-bond acceptors (Lipinski definition) is 2. The summed E-state index contributed by atoms with van der Waals surface area (Å²) >= 11 is 0. The molecule has 2 unspecified atom stereocenters. The highest BCUT2D eigenvalue weighted by Crippen LogP contribution is 2.12. The third-order valence-corrected chi connectivity index (χ3v) is 3.20. The van der Waals surface area contributed by atoms with Crippen molar-refractivity contribution in [2.45, 2.75) is 45.2 Å². The molecule has 82 valence electrons. The van der Waals surface area contributed by atoms with Crippen LogP contribution in [0.2, 0.25) is 0 Å². The molecule has 0 aliphatic carbocycles. The Balaban J connectivity index is 2.42. The topological polar surface area (TPSA) is 15.3 Å². The molecular weight excluding hydrogens is 172 g/mol. The fraction of sp³-hybridized carbons (Fsp3) is 0.833. The van der Waals surface area contributed by atoms with E-state index in [1.807, 2.05) is 6.08 Å². The van der Waals surface area contributed by atoms with Gasteiger partial charge in [0, 0.05) is 31.7 Å². The molecule has 1 rings (SSSR count). The van der Waals surface area contributed by atoms with E-state index in [1.54, 1.807) is 0 Å². The van der Waals surface area contributed by atoms with Gasteiger partial charge in [-0.25, -0.2) is 0 Å². The lowest BCUT2D eigenvalue weighted by Crippen LogP contribution is -2.56. The Kier molecular flexibility index (Phi) is 5.20. The largest absolute Gasteiger partial charge is 0.311 e. The highest BCUT2D eigenvalue weighted by atomic mass is 15.2. The first-order valence-corrected chi connectivity index (χ1v) is 5.90. The summed E-state index contributed by atoms with van der Waals surface area (Å²) < 4.78 is 0. The van der Waals surface area contributed by atoms with Crippen LogP contribution in [0.15, 0.2) is 12.7 Å². The van der Waals surface area contributed by atoms with Crippen molar-refractivity contribution in [2.24, 2.45) is 0 Å². The number of hydrogen-bond donors (Lipinski definition) is 1. The maximum absolute atomic E-state index is 3.79. The normalized spacial score (nSPS) is 29.0. The van der Waals surface area contributed by atoms with E-state index in [0.717, 1.165) is 19.0 Å². The second-order valence-electron chi connectivity index (χ2n) is 4.15. The molecule has 1 aliphatic heterocycles. The Morgan fingerprint density at radius 1 is 1.43 bits per heavy atom. The number of nitrogens with zero attached hydrogens (tertiary/aromatic N) is 1. The van der Waals surface area contributed by atoms with E-state index in [9.17, 15) is 0 Å². The molecule has 2 atom stereocenters. The van der Waals surface area contributed by atoms with Crippen molar-refractivity contribution < 1.29 is 0 Å². The van der Waals surface area contributed by atoms with E-state index in [0.29, 0.717) is 6.04 Å². The quantitative estimate of drug-likeness (QED) is 0.677. The molecule has 0 aromatic rings. The van der Waals surface area contributed by atoms with Crippen molar-refractivity contribution in [2.75, 3.05) is 19.6 Å². The highest BCUT2D eigenvalue weighted by Gasteiger charge is 2.24. The molecule has 0 amide bonds. The summed E-state index contributed by atoms with van der Waals surface area (Å²) in [4.78, 5) is 2.62. The Hall–Kier alpha value is -0.340. The summed E-state index contributed by atoms with van der Waals surface area (Å²) in [6, 6.07) is 1.43. The van der Waals surface area contributed by atoms with Crippen molar-refractivity contribution >= 4 is 0 Å². The molecule has 0 saturated carbocycles. The van der Waals surface area contributed by atoms with Gasteiger partial charge in [-0.1, -0.05) is 19.9 Å². The Morgan fingerprint density at radius 2 is 2.21 bits per heavy atom. The van der Waals surface area contributed by atoms with Crippen LogP contribution in [0, 0.1) is 0 Å². The molecule has 2 nitrogen and oxygen atoms in total. The number of nitrogens with one attached hydrogen (secondary N) is 1. The molecule has 1 aliphatic rings. The molecule has 1 N–H and O–H groups in total. The van der Waals surface area contributed by atoms with E-state index in [2.05, 4.69) is 30.6 Å². The minimum absolute atomic E-state index is 0.697. The van der Waals surface area contributed by atoms with Crippen LogP contribution in [0.5, 0.6) is 0 Å². The standard InChI is InChI=1S/C12H24N2/c1-4-7-8-14-10-11(5-2)13-9-12(14)6-3/h4,11-13H,1,5-10H2,2-3H3. The molecule has 1 saturated heterocycles. The number of piperazine rings is 1. The van der Waals surface area contributed by atoms with Gasteiger partial charge in [-0.2, -0.15) is 0 Å². The van der Waals surface area contributed by atoms with E-state index in [1.165, 1.54) is 25.9 Å². The van der Waals surface area contributed by atoms with E-state index < -0.39 is 0 Å². The molecule has 0 spiro atoms. The lowest BCUT2D eigenvalue weighted by Gasteiger charge is -2.39. The highest BCUT2D eigenvalue weighted by molar-refractivity contribution is 4.85. The third-order valence-electron chi connectivity index (χ3n) is 3.20. The zero-order chi connectivity index (χ0) is 10.4. The first kappa shape index (κ1) is 11.7. The zero-order valence-corrected chi connectivity index (χ0v) is 9.63. The van der Waals surface area contributed by atoms with Crippen LogP contribution in [0.1, 0.15) is 33.1 Å². The molecule has 2 heteroatoms. The van der Waals surface area contributed by atoms with Crippen molar-refractivity contribution in [1.29, 1.82) is 0 Å². The van der Waals surface area contributed by atoms with Crippen molar-refractivity contribution in [3.8, 4) is 0 Å². The maximum atomic E-state index is 3.79. The van der Waals surface area contributed by atoms with Gasteiger partial charge in [0.15, 0.2) is 0 Å². The van der Waals surface area contributed by atoms with Crippen LogP contribution in [0.25, 0.3) is 0 Å². The zero-order valence-electron chi connectivity index (χ0n) is 9.63. The smallest absolute Gasteiger partial charge is 0.0218 e. The minimum Gasteiger partial charge on any atom is -0.311 e. The predicted octanol–water partition coefficient (Wildman–Crippen LogP) is 2.02. The number of rotatable bonds is 5. The van der Waals surface area contributed by atoms with Gasteiger partial charge in [0.2, 0.25) is 0 Å². The lowest BCUT2D eigenvalue weighted by molar-refractivity contribution is 0.127. The Bertz CT molecular complexity index is 168. The minimum atomic E-state index is 0.697. The van der Waals surface area contributed by atoms with Crippen LogP contribution >= 0.6 is 0 Å². The average molecular weight is 196 g/mol. The lowest BCUT2D eigenvalue weighted by atomic mass is 10.1. The molecule has 0 bridgehead atoms. The van der Waals surface area contributed by atoms with Crippen LogP contribution in [0.3, 0.4) is 0 Å². The first-order chi connectivity index (χ1) is 6.81. The second kappa shape index (κ2) is 6.20. The molecule has 1 heterocycles.